The molecule has 53 valence electrons. The van der Waals surface area contributed by atoms with Crippen LogP contribution in [0.3, 0.4) is 0 Å². The molecule has 2 unspecified atom stereocenters. The smallest absolute Gasteiger partial charge is 0.103 e. The van der Waals surface area contributed by atoms with E-state index in [4.69, 9.17) is 0 Å². The van der Waals surface area contributed by atoms with Crippen LogP contribution in [-0.4, -0.2) is 6.17 Å². The zero-order valence-electron chi connectivity index (χ0n) is 5.94. The molecule has 1 aliphatic carbocycles. The molecule has 0 aliphatic heterocycles. The van der Waals surface area contributed by atoms with Gasteiger partial charge in [0.25, 0.3) is 0 Å². The van der Waals surface area contributed by atoms with Crippen LogP contribution in [0.15, 0.2) is 0 Å². The maximum atomic E-state index is 12.8. The fourth-order valence-corrected chi connectivity index (χ4v) is 1.49. The molecule has 1 radical (unpaired) electrons. The molecule has 0 heterocycles. The lowest BCUT2D eigenvalue weighted by Gasteiger charge is -2.23. The van der Waals surface area contributed by atoms with Gasteiger partial charge in [0.05, 0.1) is 0 Å². The molecule has 1 aliphatic rings. The van der Waals surface area contributed by atoms with E-state index in [-0.39, 0.29) is 5.92 Å². The van der Waals surface area contributed by atoms with Crippen molar-refractivity contribution in [3.8, 4) is 0 Å². The summed E-state index contributed by atoms with van der Waals surface area (Å²) in [7, 11) is 0. The zero-order valence-corrected chi connectivity index (χ0v) is 5.94. The molecular formula is C8H14F. The van der Waals surface area contributed by atoms with Crippen molar-refractivity contribution in [1.82, 2.24) is 0 Å². The highest BCUT2D eigenvalue weighted by Crippen LogP contribution is 2.28. The Balaban J connectivity index is 2.30. The maximum Gasteiger partial charge on any atom is 0.103 e. The fourth-order valence-electron chi connectivity index (χ4n) is 1.49. The van der Waals surface area contributed by atoms with Crippen molar-refractivity contribution in [1.29, 1.82) is 0 Å². The van der Waals surface area contributed by atoms with Gasteiger partial charge in [-0.2, -0.15) is 0 Å². The van der Waals surface area contributed by atoms with Gasteiger partial charge in [-0.3, -0.25) is 0 Å². The first kappa shape index (κ1) is 7.04. The summed E-state index contributed by atoms with van der Waals surface area (Å²) in [5.74, 6) is 0.263. The number of alkyl halides is 1. The van der Waals surface area contributed by atoms with Gasteiger partial charge in [-0.25, -0.2) is 4.39 Å². The molecule has 1 heteroatoms. The van der Waals surface area contributed by atoms with E-state index in [2.05, 4.69) is 0 Å². The van der Waals surface area contributed by atoms with E-state index in [1.165, 1.54) is 6.42 Å². The molecule has 0 aromatic heterocycles. The van der Waals surface area contributed by atoms with Crippen LogP contribution in [0.25, 0.3) is 0 Å². The molecule has 0 saturated heterocycles. The molecule has 1 rings (SSSR count). The molecule has 0 spiro atoms. The Bertz CT molecular complexity index is 80.6. The summed E-state index contributed by atoms with van der Waals surface area (Å²) in [6.45, 7) is 1.96. The van der Waals surface area contributed by atoms with Gasteiger partial charge in [0, 0.05) is 0 Å². The highest BCUT2D eigenvalue weighted by molar-refractivity contribution is 4.82. The first-order valence-electron chi connectivity index (χ1n) is 3.78. The van der Waals surface area contributed by atoms with Gasteiger partial charge in [0.2, 0.25) is 0 Å². The number of hydrogen-bond donors (Lipinski definition) is 0. The van der Waals surface area contributed by atoms with E-state index in [0.717, 1.165) is 19.3 Å². The maximum absolute atomic E-state index is 12.8. The van der Waals surface area contributed by atoms with E-state index in [1.807, 2.05) is 13.3 Å². The SMILES string of the molecule is C[CH]C1CCCCC1F. The normalized spacial score (nSPS) is 36.7. The molecular weight excluding hydrogens is 115 g/mol. The quantitative estimate of drug-likeness (QED) is 0.510. The largest absolute Gasteiger partial charge is 0.247 e. The van der Waals surface area contributed by atoms with Crippen LogP contribution in [0.2, 0.25) is 0 Å². The second-order valence-corrected chi connectivity index (χ2v) is 2.80. The second-order valence-electron chi connectivity index (χ2n) is 2.80. The van der Waals surface area contributed by atoms with Crippen LogP contribution in [0.5, 0.6) is 0 Å². The van der Waals surface area contributed by atoms with Crippen molar-refractivity contribution in [2.75, 3.05) is 0 Å². The predicted molar refractivity (Wildman–Crippen MR) is 36.8 cm³/mol. The monoisotopic (exact) mass is 129 g/mol. The Kier molecular flexibility index (Phi) is 2.49. The van der Waals surface area contributed by atoms with E-state index in [0.29, 0.717) is 0 Å². The average molecular weight is 129 g/mol. The molecule has 0 nitrogen and oxygen atoms in total. The lowest BCUT2D eigenvalue weighted by Crippen LogP contribution is -2.19. The summed E-state index contributed by atoms with van der Waals surface area (Å²) in [6.07, 6.45) is 5.63. The van der Waals surface area contributed by atoms with E-state index >= 15 is 0 Å². The number of rotatable bonds is 1. The van der Waals surface area contributed by atoms with Crippen molar-refractivity contribution < 1.29 is 4.39 Å². The van der Waals surface area contributed by atoms with Gasteiger partial charge in [0.1, 0.15) is 6.17 Å². The summed E-state index contributed by atoms with van der Waals surface area (Å²) >= 11 is 0. The van der Waals surface area contributed by atoms with Gasteiger partial charge in [-0.15, -0.1) is 0 Å². The highest BCUT2D eigenvalue weighted by atomic mass is 19.1. The van der Waals surface area contributed by atoms with Crippen LogP contribution in [0, 0.1) is 12.3 Å². The molecule has 0 N–H and O–H groups in total. The minimum Gasteiger partial charge on any atom is -0.247 e. The Morgan fingerprint density at radius 2 is 2.00 bits per heavy atom. The van der Waals surface area contributed by atoms with Gasteiger partial charge >= 0.3 is 0 Å². The molecule has 0 aromatic rings. The summed E-state index contributed by atoms with van der Waals surface area (Å²) in [6, 6.07) is 0. The Morgan fingerprint density at radius 1 is 1.33 bits per heavy atom. The first-order chi connectivity index (χ1) is 4.34. The third kappa shape index (κ3) is 1.67. The average Bonchev–Trinajstić information content (AvgIpc) is 1.89. The van der Waals surface area contributed by atoms with Crippen molar-refractivity contribution >= 4 is 0 Å². The van der Waals surface area contributed by atoms with Crippen LogP contribution in [0.1, 0.15) is 32.6 Å². The molecule has 2 atom stereocenters. The second kappa shape index (κ2) is 3.19. The Morgan fingerprint density at radius 3 is 2.44 bits per heavy atom. The summed E-state index contributed by atoms with van der Waals surface area (Å²) in [5.41, 5.74) is 0. The molecule has 1 fully saturated rings. The molecule has 0 aromatic carbocycles. The molecule has 0 amide bonds. The van der Waals surface area contributed by atoms with E-state index in [9.17, 15) is 4.39 Å². The summed E-state index contributed by atoms with van der Waals surface area (Å²) < 4.78 is 12.8. The lowest BCUT2D eigenvalue weighted by atomic mass is 9.86. The molecule has 9 heavy (non-hydrogen) atoms. The predicted octanol–water partition coefficient (Wildman–Crippen LogP) is 2.74. The van der Waals surface area contributed by atoms with Gasteiger partial charge < -0.3 is 0 Å². The topological polar surface area (TPSA) is 0 Å². The molecule has 1 saturated carbocycles. The van der Waals surface area contributed by atoms with Gasteiger partial charge in [-0.05, 0) is 25.2 Å². The zero-order chi connectivity index (χ0) is 6.69. The Hall–Kier alpha value is -0.0700. The third-order valence-corrected chi connectivity index (χ3v) is 2.16. The number of hydrogen-bond acceptors (Lipinski definition) is 0. The minimum absolute atomic E-state index is 0.263. The summed E-state index contributed by atoms with van der Waals surface area (Å²) in [5, 5.41) is 0. The summed E-state index contributed by atoms with van der Waals surface area (Å²) in [4.78, 5) is 0. The Labute approximate surface area is 56.5 Å². The van der Waals surface area contributed by atoms with Crippen LogP contribution < -0.4 is 0 Å². The van der Waals surface area contributed by atoms with Crippen LogP contribution in [-0.2, 0) is 0 Å². The van der Waals surface area contributed by atoms with Crippen molar-refractivity contribution in [3.05, 3.63) is 6.42 Å². The van der Waals surface area contributed by atoms with Gasteiger partial charge in [0.15, 0.2) is 0 Å². The lowest BCUT2D eigenvalue weighted by molar-refractivity contribution is 0.188. The highest BCUT2D eigenvalue weighted by Gasteiger charge is 2.22. The molecule has 0 bridgehead atoms. The standard InChI is InChI=1S/C8H14F/c1-2-7-5-3-4-6-8(7)9/h2,7-8H,3-6H2,1H3. The fraction of sp³-hybridized carbons (Fsp3) is 0.875. The van der Waals surface area contributed by atoms with Gasteiger partial charge in [-0.1, -0.05) is 19.8 Å². The van der Waals surface area contributed by atoms with E-state index < -0.39 is 6.17 Å². The first-order valence-corrected chi connectivity index (χ1v) is 3.78. The van der Waals surface area contributed by atoms with Crippen LogP contribution in [0.4, 0.5) is 4.39 Å². The van der Waals surface area contributed by atoms with Crippen molar-refractivity contribution in [2.24, 2.45) is 5.92 Å². The van der Waals surface area contributed by atoms with Crippen molar-refractivity contribution in [2.45, 2.75) is 38.8 Å². The number of halogens is 1. The minimum atomic E-state index is -0.538. The third-order valence-electron chi connectivity index (χ3n) is 2.16. The van der Waals surface area contributed by atoms with Crippen molar-refractivity contribution in [3.63, 3.8) is 0 Å². The van der Waals surface area contributed by atoms with E-state index in [1.54, 1.807) is 0 Å². The van der Waals surface area contributed by atoms with Crippen LogP contribution >= 0.6 is 0 Å².